The van der Waals surface area contributed by atoms with E-state index in [1.165, 1.54) is 0 Å². The molecular formula is C13H16Cl2N2O2. The summed E-state index contributed by atoms with van der Waals surface area (Å²) < 4.78 is 5.31. The summed E-state index contributed by atoms with van der Waals surface area (Å²) >= 11 is 11.8. The number of carbonyl (C=O) groups is 1. The number of carbonyl (C=O) groups excluding carboxylic acids is 1. The van der Waals surface area contributed by atoms with Gasteiger partial charge in [-0.3, -0.25) is 4.79 Å². The molecule has 1 heterocycles. The molecule has 0 aromatic heterocycles. The van der Waals surface area contributed by atoms with Crippen LogP contribution in [0.25, 0.3) is 0 Å². The van der Waals surface area contributed by atoms with Crippen molar-refractivity contribution in [2.75, 3.05) is 25.9 Å². The summed E-state index contributed by atoms with van der Waals surface area (Å²) in [5, 5.41) is 0.581. The summed E-state index contributed by atoms with van der Waals surface area (Å²) in [6.45, 7) is 1.31. The van der Waals surface area contributed by atoms with Crippen LogP contribution in [-0.2, 0) is 4.74 Å². The Morgan fingerprint density at radius 1 is 1.47 bits per heavy atom. The molecule has 1 unspecified atom stereocenters. The number of methoxy groups -OCH3 is 1. The first-order chi connectivity index (χ1) is 9.02. The first-order valence-electron chi connectivity index (χ1n) is 6.09. The Hall–Kier alpha value is -0.970. The SMILES string of the molecule is COC1CCCN(C(=O)c2cc(N)c(Cl)c(Cl)c2)C1. The molecule has 1 aliphatic heterocycles. The molecule has 0 bridgehead atoms. The molecule has 0 saturated carbocycles. The average Bonchev–Trinajstić information content (AvgIpc) is 2.43. The smallest absolute Gasteiger partial charge is 0.254 e. The molecule has 6 heteroatoms. The molecule has 4 nitrogen and oxygen atoms in total. The maximum absolute atomic E-state index is 12.4. The predicted molar refractivity (Wildman–Crippen MR) is 76.8 cm³/mol. The van der Waals surface area contributed by atoms with Crippen LogP contribution in [0.3, 0.4) is 0 Å². The number of hydrogen-bond acceptors (Lipinski definition) is 3. The van der Waals surface area contributed by atoms with E-state index < -0.39 is 0 Å². The number of nitrogen functional groups attached to an aromatic ring is 1. The quantitative estimate of drug-likeness (QED) is 0.855. The maximum atomic E-state index is 12.4. The summed E-state index contributed by atoms with van der Waals surface area (Å²) in [4.78, 5) is 14.2. The normalized spacial score (nSPS) is 19.5. The average molecular weight is 303 g/mol. The Morgan fingerprint density at radius 2 is 2.21 bits per heavy atom. The van der Waals surface area contributed by atoms with E-state index in [1.54, 1.807) is 24.1 Å². The first-order valence-corrected chi connectivity index (χ1v) is 6.85. The van der Waals surface area contributed by atoms with Gasteiger partial charge in [0.2, 0.25) is 0 Å². The molecule has 0 spiro atoms. The highest BCUT2D eigenvalue weighted by Gasteiger charge is 2.25. The number of halogens is 2. The highest BCUT2D eigenvalue weighted by molar-refractivity contribution is 6.43. The second-order valence-corrected chi connectivity index (χ2v) is 5.40. The summed E-state index contributed by atoms with van der Waals surface area (Å²) in [6, 6.07) is 3.12. The van der Waals surface area contributed by atoms with Crippen LogP contribution in [-0.4, -0.2) is 37.1 Å². The van der Waals surface area contributed by atoms with Gasteiger partial charge in [0.25, 0.3) is 5.91 Å². The van der Waals surface area contributed by atoms with Gasteiger partial charge >= 0.3 is 0 Å². The van der Waals surface area contributed by atoms with Crippen molar-refractivity contribution in [1.82, 2.24) is 4.90 Å². The molecule has 2 N–H and O–H groups in total. The lowest BCUT2D eigenvalue weighted by molar-refractivity contribution is 0.0269. The Bertz CT molecular complexity index is 471. The lowest BCUT2D eigenvalue weighted by atomic mass is 10.1. The fraction of sp³-hybridized carbons (Fsp3) is 0.462. The minimum Gasteiger partial charge on any atom is -0.397 e. The van der Waals surface area contributed by atoms with Gasteiger partial charge in [0.1, 0.15) is 0 Å². The number of amides is 1. The monoisotopic (exact) mass is 302 g/mol. The molecule has 1 fully saturated rings. The van der Waals surface area contributed by atoms with E-state index >= 15 is 0 Å². The molecule has 1 saturated heterocycles. The third-order valence-corrected chi connectivity index (χ3v) is 4.12. The van der Waals surface area contributed by atoms with Gasteiger partial charge in [-0.25, -0.2) is 0 Å². The van der Waals surface area contributed by atoms with Crippen molar-refractivity contribution in [1.29, 1.82) is 0 Å². The molecule has 19 heavy (non-hydrogen) atoms. The van der Waals surface area contributed by atoms with Gasteiger partial charge in [0.05, 0.1) is 21.8 Å². The number of benzene rings is 1. The van der Waals surface area contributed by atoms with Crippen LogP contribution in [0.4, 0.5) is 5.69 Å². The fourth-order valence-corrected chi connectivity index (χ4v) is 2.57. The summed E-state index contributed by atoms with van der Waals surface area (Å²) in [7, 11) is 1.66. The Balaban J connectivity index is 2.19. The number of piperidine rings is 1. The van der Waals surface area contributed by atoms with Crippen LogP contribution in [0, 0.1) is 0 Å². The topological polar surface area (TPSA) is 55.6 Å². The van der Waals surface area contributed by atoms with Gasteiger partial charge in [0.15, 0.2) is 0 Å². The number of likely N-dealkylation sites (tertiary alicyclic amines) is 1. The fourth-order valence-electron chi connectivity index (χ4n) is 2.23. The lowest BCUT2D eigenvalue weighted by Crippen LogP contribution is -2.42. The van der Waals surface area contributed by atoms with Gasteiger partial charge in [-0.2, -0.15) is 0 Å². The van der Waals surface area contributed by atoms with E-state index in [1.807, 2.05) is 0 Å². The third-order valence-electron chi connectivity index (χ3n) is 3.30. The number of ether oxygens (including phenoxy) is 1. The van der Waals surface area contributed by atoms with Crippen molar-refractivity contribution in [3.63, 3.8) is 0 Å². The maximum Gasteiger partial charge on any atom is 0.254 e. The summed E-state index contributed by atoms with van der Waals surface area (Å²) in [5.74, 6) is -0.0907. The number of nitrogens with two attached hydrogens (primary N) is 1. The molecule has 1 atom stereocenters. The van der Waals surface area contributed by atoms with Gasteiger partial charge in [-0.15, -0.1) is 0 Å². The van der Waals surface area contributed by atoms with Crippen LogP contribution < -0.4 is 5.73 Å². The highest BCUT2D eigenvalue weighted by atomic mass is 35.5. The molecular weight excluding hydrogens is 287 g/mol. The molecule has 1 aromatic carbocycles. The third kappa shape index (κ3) is 3.14. The molecule has 1 amide bonds. The summed E-state index contributed by atoms with van der Waals surface area (Å²) in [6.07, 6.45) is 2.00. The molecule has 104 valence electrons. The van der Waals surface area contributed by atoms with Crippen molar-refractivity contribution in [3.8, 4) is 0 Å². The van der Waals surface area contributed by atoms with E-state index in [2.05, 4.69) is 0 Å². The van der Waals surface area contributed by atoms with Crippen molar-refractivity contribution in [3.05, 3.63) is 27.7 Å². The van der Waals surface area contributed by atoms with Crippen molar-refractivity contribution in [2.45, 2.75) is 18.9 Å². The van der Waals surface area contributed by atoms with Crippen LogP contribution >= 0.6 is 23.2 Å². The molecule has 0 radical (unpaired) electrons. The molecule has 0 aliphatic carbocycles. The van der Waals surface area contributed by atoms with Crippen molar-refractivity contribution in [2.24, 2.45) is 0 Å². The summed E-state index contributed by atoms with van der Waals surface area (Å²) in [5.41, 5.74) is 6.51. The molecule has 1 aliphatic rings. The number of rotatable bonds is 2. The zero-order valence-corrected chi connectivity index (χ0v) is 12.2. The number of nitrogens with zero attached hydrogens (tertiary/aromatic N) is 1. The highest BCUT2D eigenvalue weighted by Crippen LogP contribution is 2.30. The molecule has 2 rings (SSSR count). The largest absolute Gasteiger partial charge is 0.397 e. The van der Waals surface area contributed by atoms with Gasteiger partial charge < -0.3 is 15.4 Å². The van der Waals surface area contributed by atoms with Crippen LogP contribution in [0.15, 0.2) is 12.1 Å². The van der Waals surface area contributed by atoms with Crippen LogP contribution in [0.5, 0.6) is 0 Å². The van der Waals surface area contributed by atoms with Gasteiger partial charge in [0, 0.05) is 25.8 Å². The minimum atomic E-state index is -0.0907. The second kappa shape index (κ2) is 5.99. The van der Waals surface area contributed by atoms with E-state index in [9.17, 15) is 4.79 Å². The number of hydrogen-bond donors (Lipinski definition) is 1. The Kier molecular flexibility index (Phi) is 4.55. The Labute approximate surface area is 122 Å². The predicted octanol–water partition coefficient (Wildman–Crippen LogP) is 2.83. The lowest BCUT2D eigenvalue weighted by Gasteiger charge is -2.32. The van der Waals surface area contributed by atoms with Crippen molar-refractivity contribution < 1.29 is 9.53 Å². The zero-order valence-electron chi connectivity index (χ0n) is 10.7. The first kappa shape index (κ1) is 14.4. The van der Waals surface area contributed by atoms with E-state index in [4.69, 9.17) is 33.7 Å². The van der Waals surface area contributed by atoms with E-state index in [0.29, 0.717) is 22.8 Å². The van der Waals surface area contributed by atoms with Gasteiger partial charge in [-0.05, 0) is 25.0 Å². The number of anilines is 1. The van der Waals surface area contributed by atoms with E-state index in [-0.39, 0.29) is 17.0 Å². The standard InChI is InChI=1S/C13H16Cl2N2O2/c1-19-9-3-2-4-17(7-9)13(18)8-5-10(14)12(15)11(16)6-8/h5-6,9H,2-4,7,16H2,1H3. The minimum absolute atomic E-state index is 0.0907. The van der Waals surface area contributed by atoms with Gasteiger partial charge in [-0.1, -0.05) is 23.2 Å². The Morgan fingerprint density at radius 3 is 2.84 bits per heavy atom. The van der Waals surface area contributed by atoms with Crippen molar-refractivity contribution >= 4 is 34.8 Å². The zero-order chi connectivity index (χ0) is 14.0. The molecule has 1 aromatic rings. The van der Waals surface area contributed by atoms with Crippen LogP contribution in [0.2, 0.25) is 10.0 Å². The van der Waals surface area contributed by atoms with E-state index in [0.717, 1.165) is 19.4 Å². The second-order valence-electron chi connectivity index (χ2n) is 4.61. The van der Waals surface area contributed by atoms with Crippen LogP contribution in [0.1, 0.15) is 23.2 Å².